The van der Waals surface area contributed by atoms with Crippen molar-refractivity contribution in [1.82, 2.24) is 4.57 Å². The van der Waals surface area contributed by atoms with Crippen molar-refractivity contribution in [3.8, 4) is 61.3 Å². The van der Waals surface area contributed by atoms with Crippen LogP contribution >= 0.6 is 0 Å². The van der Waals surface area contributed by atoms with Crippen LogP contribution < -0.4 is 0 Å². The van der Waals surface area contributed by atoms with Crippen LogP contribution in [0.25, 0.3) is 93.9 Å². The Morgan fingerprint density at radius 1 is 0.277 bits per heavy atom. The van der Waals surface area contributed by atoms with Crippen molar-refractivity contribution >= 4 is 32.6 Å². The number of para-hydroxylation sites is 2. The molecule has 1 aromatic heterocycles. The van der Waals surface area contributed by atoms with Crippen LogP contribution in [0.2, 0.25) is 0 Å². The monoisotopic (exact) mass is 595 g/mol. The molecule has 0 saturated heterocycles. The number of aromatic nitrogens is 1. The maximum atomic E-state index is 2.38. The van der Waals surface area contributed by atoms with Gasteiger partial charge in [0.25, 0.3) is 0 Å². The summed E-state index contributed by atoms with van der Waals surface area (Å²) in [5, 5.41) is 5.23. The second-order valence-electron chi connectivity index (χ2n) is 12.5. The average Bonchev–Trinajstić information content (AvgIpc) is 3.66. The second-order valence-corrected chi connectivity index (χ2v) is 12.5. The zero-order valence-corrected chi connectivity index (χ0v) is 25.7. The molecule has 1 aliphatic carbocycles. The Morgan fingerprint density at radius 3 is 1.53 bits per heavy atom. The summed E-state index contributed by atoms with van der Waals surface area (Å²) in [5.74, 6) is 0. The highest BCUT2D eigenvalue weighted by molar-refractivity contribution is 6.18. The summed E-state index contributed by atoms with van der Waals surface area (Å²) in [6, 6.07) is 64.3. The van der Waals surface area contributed by atoms with Gasteiger partial charge in [0.2, 0.25) is 0 Å². The molecule has 0 N–H and O–H groups in total. The van der Waals surface area contributed by atoms with Crippen LogP contribution in [-0.4, -0.2) is 4.57 Å². The molecule has 0 radical (unpaired) electrons. The normalized spacial score (nSPS) is 11.8. The lowest BCUT2D eigenvalue weighted by Gasteiger charge is -2.11. The quantitative estimate of drug-likeness (QED) is 0.191. The highest BCUT2D eigenvalue weighted by Crippen LogP contribution is 2.49. The fourth-order valence-electron chi connectivity index (χ4n) is 7.76. The first-order valence-corrected chi connectivity index (χ1v) is 16.3. The molecule has 1 heterocycles. The zero-order chi connectivity index (χ0) is 30.9. The Hall–Kier alpha value is -6.18. The number of nitrogens with zero attached hydrogens (tertiary/aromatic N) is 1. The van der Waals surface area contributed by atoms with E-state index in [2.05, 4.69) is 180 Å². The van der Waals surface area contributed by atoms with E-state index in [1.165, 1.54) is 93.9 Å². The first kappa shape index (κ1) is 26.1. The molecule has 0 saturated carbocycles. The third kappa shape index (κ3) is 3.97. The number of hydrogen-bond donors (Lipinski definition) is 0. The minimum Gasteiger partial charge on any atom is -0.309 e. The molecule has 0 fully saturated rings. The Kier molecular flexibility index (Phi) is 5.64. The molecule has 1 nitrogen and oxygen atoms in total. The first-order chi connectivity index (χ1) is 23.3. The summed E-state index contributed by atoms with van der Waals surface area (Å²) in [6.45, 7) is 0. The van der Waals surface area contributed by atoms with Gasteiger partial charge >= 0.3 is 0 Å². The highest BCUT2D eigenvalue weighted by Gasteiger charge is 2.22. The van der Waals surface area contributed by atoms with Gasteiger partial charge in [0.05, 0.1) is 11.0 Å². The van der Waals surface area contributed by atoms with Gasteiger partial charge in [-0.25, -0.2) is 0 Å². The minimum absolute atomic E-state index is 1.18. The molecule has 1 aliphatic rings. The van der Waals surface area contributed by atoms with E-state index in [0.29, 0.717) is 0 Å². The predicted molar refractivity (Wildman–Crippen MR) is 199 cm³/mol. The lowest BCUT2D eigenvalue weighted by molar-refractivity contribution is 1.18. The summed E-state index contributed by atoms with van der Waals surface area (Å²) >= 11 is 0. The molecule has 0 atom stereocenters. The second kappa shape index (κ2) is 10.2. The molecule has 218 valence electrons. The van der Waals surface area contributed by atoms with Crippen molar-refractivity contribution in [2.24, 2.45) is 0 Å². The Balaban J connectivity index is 0.992. The van der Waals surface area contributed by atoms with Crippen LogP contribution in [0.5, 0.6) is 0 Å². The van der Waals surface area contributed by atoms with Crippen molar-refractivity contribution < 1.29 is 0 Å². The van der Waals surface area contributed by atoms with E-state index in [4.69, 9.17) is 0 Å². The van der Waals surface area contributed by atoms with Gasteiger partial charge in [-0.2, -0.15) is 0 Å². The average molecular weight is 596 g/mol. The summed E-state index contributed by atoms with van der Waals surface area (Å²) in [6.07, 6.45) is 0. The molecular formula is C46H29N. The molecule has 10 rings (SSSR count). The number of fused-ring (bicyclic) bond motifs is 6. The molecule has 0 aliphatic heterocycles. The maximum absolute atomic E-state index is 2.38. The van der Waals surface area contributed by atoms with Crippen molar-refractivity contribution in [3.05, 3.63) is 176 Å². The SMILES string of the molecule is c1ccc(-n2c3ccccc3c3ccc(-c4ccc(-c5ccc(-c6ccc7c8c(cccc68)-c6ccccc6-7)cc5)cc4)cc32)cc1. The number of rotatable bonds is 4. The van der Waals surface area contributed by atoms with Crippen molar-refractivity contribution in [1.29, 1.82) is 0 Å². The molecule has 8 aromatic carbocycles. The lowest BCUT2D eigenvalue weighted by Crippen LogP contribution is -1.93. The van der Waals surface area contributed by atoms with E-state index in [1.807, 2.05) is 0 Å². The summed E-state index contributed by atoms with van der Waals surface area (Å²) < 4.78 is 2.38. The van der Waals surface area contributed by atoms with Gasteiger partial charge in [0, 0.05) is 16.5 Å². The molecule has 0 amide bonds. The van der Waals surface area contributed by atoms with E-state index in [1.54, 1.807) is 0 Å². The van der Waals surface area contributed by atoms with Gasteiger partial charge in [-0.15, -0.1) is 0 Å². The van der Waals surface area contributed by atoms with E-state index in [9.17, 15) is 0 Å². The number of hydrogen-bond acceptors (Lipinski definition) is 0. The minimum atomic E-state index is 1.18. The third-order valence-electron chi connectivity index (χ3n) is 9.98. The van der Waals surface area contributed by atoms with E-state index in [-0.39, 0.29) is 0 Å². The van der Waals surface area contributed by atoms with Crippen LogP contribution in [0.4, 0.5) is 0 Å². The van der Waals surface area contributed by atoms with Crippen molar-refractivity contribution in [2.45, 2.75) is 0 Å². The summed E-state index contributed by atoms with van der Waals surface area (Å²) in [5.41, 5.74) is 16.4. The largest absolute Gasteiger partial charge is 0.309 e. The molecule has 1 heteroatoms. The van der Waals surface area contributed by atoms with Crippen molar-refractivity contribution in [3.63, 3.8) is 0 Å². The molecule has 0 unspecified atom stereocenters. The van der Waals surface area contributed by atoms with Crippen LogP contribution in [0.15, 0.2) is 176 Å². The van der Waals surface area contributed by atoms with E-state index < -0.39 is 0 Å². The Bertz CT molecular complexity index is 2610. The van der Waals surface area contributed by atoms with Crippen molar-refractivity contribution in [2.75, 3.05) is 0 Å². The van der Waals surface area contributed by atoms with Crippen LogP contribution in [0, 0.1) is 0 Å². The van der Waals surface area contributed by atoms with Gasteiger partial charge in [0.15, 0.2) is 0 Å². The lowest BCUT2D eigenvalue weighted by atomic mass is 9.93. The van der Waals surface area contributed by atoms with Crippen LogP contribution in [0.3, 0.4) is 0 Å². The topological polar surface area (TPSA) is 4.93 Å². The van der Waals surface area contributed by atoms with Gasteiger partial charge in [0.1, 0.15) is 0 Å². The van der Waals surface area contributed by atoms with Gasteiger partial charge < -0.3 is 4.57 Å². The van der Waals surface area contributed by atoms with Gasteiger partial charge in [-0.05, 0) is 90.7 Å². The zero-order valence-electron chi connectivity index (χ0n) is 25.7. The Morgan fingerprint density at radius 2 is 0.787 bits per heavy atom. The van der Waals surface area contributed by atoms with Crippen LogP contribution in [0.1, 0.15) is 0 Å². The molecule has 0 spiro atoms. The maximum Gasteiger partial charge on any atom is 0.0547 e. The van der Waals surface area contributed by atoms with Crippen LogP contribution in [-0.2, 0) is 0 Å². The molecule has 0 bridgehead atoms. The summed E-state index contributed by atoms with van der Waals surface area (Å²) in [4.78, 5) is 0. The number of benzene rings is 8. The predicted octanol–water partition coefficient (Wildman–Crippen LogP) is 12.6. The first-order valence-electron chi connectivity index (χ1n) is 16.3. The summed E-state index contributed by atoms with van der Waals surface area (Å²) in [7, 11) is 0. The van der Waals surface area contributed by atoms with E-state index >= 15 is 0 Å². The standard InChI is InChI=1S/C46H29N/c1-2-9-35(10-3-1)47-44-16-7-6-13-39(44)40-26-25-34(29-45(40)47)32-19-17-30(18-20-32)31-21-23-33(24-22-31)36-27-28-43-38-12-5-4-11-37(38)42-15-8-14-41(36)46(42)43/h1-29H. The fourth-order valence-corrected chi connectivity index (χ4v) is 7.76. The molecular weight excluding hydrogens is 567 g/mol. The highest BCUT2D eigenvalue weighted by atomic mass is 15.0. The van der Waals surface area contributed by atoms with Gasteiger partial charge in [-0.1, -0.05) is 152 Å². The van der Waals surface area contributed by atoms with Gasteiger partial charge in [-0.3, -0.25) is 0 Å². The molecule has 47 heavy (non-hydrogen) atoms. The Labute approximate surface area is 273 Å². The van der Waals surface area contributed by atoms with E-state index in [0.717, 1.165) is 0 Å². The third-order valence-corrected chi connectivity index (χ3v) is 9.98. The molecule has 9 aromatic rings. The fraction of sp³-hybridized carbons (Fsp3) is 0. The smallest absolute Gasteiger partial charge is 0.0547 e.